The molecule has 1 aromatic carbocycles. The first-order chi connectivity index (χ1) is 9.18. The standard InChI is InChI=1S/C17H27NO/c1-14(17(19)16-11-7-4-8-12-16)18(2)13-15-9-5-3-6-10-15/h4,7-8,11-12,14-15,17,19H,3,5-6,9-10,13H2,1-2H3. The Labute approximate surface area is 117 Å². The van der Waals surface area contributed by atoms with E-state index in [2.05, 4.69) is 18.9 Å². The Bertz CT molecular complexity index is 359. The number of nitrogens with zero attached hydrogens (tertiary/aromatic N) is 1. The average molecular weight is 261 g/mol. The van der Waals surface area contributed by atoms with Gasteiger partial charge < -0.3 is 10.0 Å². The van der Waals surface area contributed by atoms with Gasteiger partial charge in [0.2, 0.25) is 0 Å². The summed E-state index contributed by atoms with van der Waals surface area (Å²) >= 11 is 0. The van der Waals surface area contributed by atoms with E-state index in [1.54, 1.807) is 0 Å². The van der Waals surface area contributed by atoms with Crippen LogP contribution in [-0.4, -0.2) is 29.6 Å². The molecule has 1 aromatic rings. The van der Waals surface area contributed by atoms with Crippen LogP contribution in [0.1, 0.15) is 50.7 Å². The Kier molecular flexibility index (Phi) is 5.41. The zero-order valence-electron chi connectivity index (χ0n) is 12.3. The summed E-state index contributed by atoms with van der Waals surface area (Å²) in [5.41, 5.74) is 1.02. The number of aliphatic hydroxyl groups is 1. The zero-order valence-corrected chi connectivity index (χ0v) is 12.3. The van der Waals surface area contributed by atoms with Crippen molar-refractivity contribution >= 4 is 0 Å². The van der Waals surface area contributed by atoms with Gasteiger partial charge in [0.25, 0.3) is 0 Å². The lowest BCUT2D eigenvalue weighted by molar-refractivity contribution is 0.0604. The van der Waals surface area contributed by atoms with Gasteiger partial charge in [0.05, 0.1) is 6.10 Å². The maximum absolute atomic E-state index is 10.4. The van der Waals surface area contributed by atoms with Gasteiger partial charge in [-0.1, -0.05) is 49.6 Å². The van der Waals surface area contributed by atoms with Gasteiger partial charge in [0, 0.05) is 12.6 Å². The van der Waals surface area contributed by atoms with Crippen molar-refractivity contribution in [2.75, 3.05) is 13.6 Å². The molecule has 1 N–H and O–H groups in total. The van der Waals surface area contributed by atoms with Crippen LogP contribution in [0.2, 0.25) is 0 Å². The molecular weight excluding hydrogens is 234 g/mol. The van der Waals surface area contributed by atoms with Gasteiger partial charge in [-0.15, -0.1) is 0 Å². The lowest BCUT2D eigenvalue weighted by Crippen LogP contribution is -2.38. The molecule has 1 saturated carbocycles. The topological polar surface area (TPSA) is 23.5 Å². The largest absolute Gasteiger partial charge is 0.387 e. The highest BCUT2D eigenvalue weighted by Crippen LogP contribution is 2.26. The molecule has 2 rings (SSSR count). The summed E-state index contributed by atoms with van der Waals surface area (Å²) in [7, 11) is 2.14. The molecule has 1 aliphatic carbocycles. The smallest absolute Gasteiger partial charge is 0.0942 e. The molecule has 2 heteroatoms. The second kappa shape index (κ2) is 7.06. The van der Waals surface area contributed by atoms with Crippen LogP contribution in [0, 0.1) is 5.92 Å². The molecule has 2 nitrogen and oxygen atoms in total. The van der Waals surface area contributed by atoms with E-state index in [9.17, 15) is 5.11 Å². The molecule has 19 heavy (non-hydrogen) atoms. The fourth-order valence-electron chi connectivity index (χ4n) is 3.11. The van der Waals surface area contributed by atoms with Crippen molar-refractivity contribution in [3.63, 3.8) is 0 Å². The minimum atomic E-state index is -0.394. The number of aliphatic hydroxyl groups excluding tert-OH is 1. The van der Waals surface area contributed by atoms with Crippen LogP contribution >= 0.6 is 0 Å². The number of hydrogen-bond acceptors (Lipinski definition) is 2. The molecule has 0 aromatic heterocycles. The lowest BCUT2D eigenvalue weighted by Gasteiger charge is -2.33. The highest BCUT2D eigenvalue weighted by Gasteiger charge is 2.23. The Morgan fingerprint density at radius 1 is 1.16 bits per heavy atom. The number of hydrogen-bond donors (Lipinski definition) is 1. The normalized spacial score (nSPS) is 20.4. The van der Waals surface area contributed by atoms with Gasteiger partial charge in [0.15, 0.2) is 0 Å². The van der Waals surface area contributed by atoms with E-state index in [4.69, 9.17) is 0 Å². The maximum atomic E-state index is 10.4. The molecule has 0 radical (unpaired) electrons. The van der Waals surface area contributed by atoms with Crippen molar-refractivity contribution in [2.24, 2.45) is 5.92 Å². The van der Waals surface area contributed by atoms with Crippen molar-refractivity contribution in [2.45, 2.75) is 51.2 Å². The van der Waals surface area contributed by atoms with Crippen molar-refractivity contribution in [1.82, 2.24) is 4.90 Å². The fraction of sp³-hybridized carbons (Fsp3) is 0.647. The van der Waals surface area contributed by atoms with E-state index in [1.165, 1.54) is 32.1 Å². The molecule has 1 fully saturated rings. The summed E-state index contributed by atoms with van der Waals surface area (Å²) in [6.07, 6.45) is 6.50. The van der Waals surface area contributed by atoms with E-state index in [1.807, 2.05) is 30.3 Å². The maximum Gasteiger partial charge on any atom is 0.0942 e. The van der Waals surface area contributed by atoms with Gasteiger partial charge in [-0.2, -0.15) is 0 Å². The third-order valence-electron chi connectivity index (χ3n) is 4.56. The highest BCUT2D eigenvalue weighted by molar-refractivity contribution is 5.18. The monoisotopic (exact) mass is 261 g/mol. The minimum Gasteiger partial charge on any atom is -0.387 e. The van der Waals surface area contributed by atoms with Crippen molar-refractivity contribution in [3.8, 4) is 0 Å². The molecule has 106 valence electrons. The Morgan fingerprint density at radius 2 is 1.79 bits per heavy atom. The van der Waals surface area contributed by atoms with Crippen LogP contribution in [0.3, 0.4) is 0 Å². The van der Waals surface area contributed by atoms with Crippen molar-refractivity contribution in [1.29, 1.82) is 0 Å². The molecule has 0 spiro atoms. The van der Waals surface area contributed by atoms with Crippen LogP contribution in [0.4, 0.5) is 0 Å². The minimum absolute atomic E-state index is 0.171. The van der Waals surface area contributed by atoms with Crippen molar-refractivity contribution in [3.05, 3.63) is 35.9 Å². The number of benzene rings is 1. The van der Waals surface area contributed by atoms with E-state index in [-0.39, 0.29) is 6.04 Å². The average Bonchev–Trinajstić information content (AvgIpc) is 2.47. The predicted octanol–water partition coefficient (Wildman–Crippen LogP) is 3.62. The quantitative estimate of drug-likeness (QED) is 0.875. The second-order valence-corrected chi connectivity index (χ2v) is 6.04. The number of likely N-dealkylation sites (N-methyl/N-ethyl adjacent to an activating group) is 1. The Balaban J connectivity index is 1.89. The van der Waals surface area contributed by atoms with Crippen LogP contribution < -0.4 is 0 Å². The zero-order chi connectivity index (χ0) is 13.7. The Hall–Kier alpha value is -0.860. The van der Waals surface area contributed by atoms with Gasteiger partial charge in [-0.25, -0.2) is 0 Å². The second-order valence-electron chi connectivity index (χ2n) is 6.04. The first-order valence-corrected chi connectivity index (χ1v) is 7.61. The van der Waals surface area contributed by atoms with Crippen LogP contribution in [-0.2, 0) is 0 Å². The first-order valence-electron chi connectivity index (χ1n) is 7.61. The molecule has 0 amide bonds. The summed E-state index contributed by atoms with van der Waals surface area (Å²) < 4.78 is 0. The van der Waals surface area contributed by atoms with Crippen LogP contribution in [0.5, 0.6) is 0 Å². The summed E-state index contributed by atoms with van der Waals surface area (Å²) in [5.74, 6) is 0.823. The molecular formula is C17H27NO. The molecule has 2 unspecified atom stereocenters. The van der Waals surface area contributed by atoms with E-state index >= 15 is 0 Å². The van der Waals surface area contributed by atoms with E-state index < -0.39 is 6.10 Å². The van der Waals surface area contributed by atoms with Gasteiger partial charge in [-0.3, -0.25) is 0 Å². The van der Waals surface area contributed by atoms with E-state index in [0.717, 1.165) is 18.0 Å². The van der Waals surface area contributed by atoms with Crippen molar-refractivity contribution < 1.29 is 5.11 Å². The molecule has 2 atom stereocenters. The molecule has 0 aliphatic heterocycles. The number of rotatable bonds is 5. The summed E-state index contributed by atoms with van der Waals surface area (Å²) in [6.45, 7) is 3.24. The van der Waals surface area contributed by atoms with Crippen LogP contribution in [0.15, 0.2) is 30.3 Å². The van der Waals surface area contributed by atoms with Gasteiger partial charge >= 0.3 is 0 Å². The lowest BCUT2D eigenvalue weighted by atomic mass is 9.88. The molecule has 0 heterocycles. The Morgan fingerprint density at radius 3 is 2.42 bits per heavy atom. The third-order valence-corrected chi connectivity index (χ3v) is 4.56. The first kappa shape index (κ1) is 14.5. The summed E-state index contributed by atoms with van der Waals surface area (Å²) in [6, 6.07) is 10.2. The molecule has 1 aliphatic rings. The van der Waals surface area contributed by atoms with Crippen LogP contribution in [0.25, 0.3) is 0 Å². The third kappa shape index (κ3) is 4.05. The fourth-order valence-corrected chi connectivity index (χ4v) is 3.11. The summed E-state index contributed by atoms with van der Waals surface area (Å²) in [5, 5.41) is 10.4. The van der Waals surface area contributed by atoms with Gasteiger partial charge in [0.1, 0.15) is 0 Å². The predicted molar refractivity (Wildman–Crippen MR) is 80.1 cm³/mol. The highest BCUT2D eigenvalue weighted by atomic mass is 16.3. The molecule has 0 saturated heterocycles. The SMILES string of the molecule is CC(C(O)c1ccccc1)N(C)CC1CCCCC1. The molecule has 0 bridgehead atoms. The summed E-state index contributed by atoms with van der Waals surface area (Å²) in [4.78, 5) is 2.33. The van der Waals surface area contributed by atoms with Gasteiger partial charge in [-0.05, 0) is 38.3 Å². The van der Waals surface area contributed by atoms with E-state index in [0.29, 0.717) is 0 Å².